The van der Waals surface area contributed by atoms with Crippen molar-refractivity contribution < 1.29 is 23.1 Å². The summed E-state index contributed by atoms with van der Waals surface area (Å²) in [7, 11) is -3.27. The summed E-state index contributed by atoms with van der Waals surface area (Å²) in [6, 6.07) is -0.262. The molecule has 1 amide bonds. The smallest absolute Gasteiger partial charge is 0.307 e. The van der Waals surface area contributed by atoms with E-state index in [2.05, 4.69) is 4.72 Å². The van der Waals surface area contributed by atoms with E-state index >= 15 is 0 Å². The number of nitrogens with one attached hydrogen (secondary N) is 1. The van der Waals surface area contributed by atoms with Gasteiger partial charge in [-0.2, -0.15) is 0 Å². The zero-order valence-electron chi connectivity index (χ0n) is 10.7. The molecule has 2 rings (SSSR count). The molecule has 0 spiro atoms. The van der Waals surface area contributed by atoms with Gasteiger partial charge in [0.05, 0.1) is 18.1 Å². The van der Waals surface area contributed by atoms with Crippen molar-refractivity contribution in [2.24, 2.45) is 11.8 Å². The van der Waals surface area contributed by atoms with Gasteiger partial charge >= 0.3 is 5.97 Å². The summed E-state index contributed by atoms with van der Waals surface area (Å²) in [4.78, 5) is 24.6. The van der Waals surface area contributed by atoms with Crippen LogP contribution in [0.2, 0.25) is 0 Å². The van der Waals surface area contributed by atoms with Crippen LogP contribution in [0.15, 0.2) is 0 Å². The summed E-state index contributed by atoms with van der Waals surface area (Å²) < 4.78 is 24.7. The van der Waals surface area contributed by atoms with Gasteiger partial charge in [0.25, 0.3) is 0 Å². The highest BCUT2D eigenvalue weighted by atomic mass is 32.2. The number of aliphatic carboxylic acids is 1. The molecule has 1 aliphatic heterocycles. The Morgan fingerprint density at radius 1 is 1.21 bits per heavy atom. The number of carbonyl (C=O) groups excluding carboxylic acids is 1. The number of carboxylic acid groups (broad SMARTS) is 1. The topological polar surface area (TPSA) is 104 Å². The van der Waals surface area contributed by atoms with Crippen molar-refractivity contribution in [3.63, 3.8) is 0 Å². The average molecular weight is 290 g/mol. The van der Waals surface area contributed by atoms with Crippen LogP contribution in [-0.4, -0.2) is 55.7 Å². The number of carbonyl (C=O) groups is 2. The summed E-state index contributed by atoms with van der Waals surface area (Å²) >= 11 is 0. The molecule has 3 unspecified atom stereocenters. The lowest BCUT2D eigenvalue weighted by atomic mass is 9.73. The van der Waals surface area contributed by atoms with Crippen molar-refractivity contribution in [2.75, 3.05) is 19.3 Å². The van der Waals surface area contributed by atoms with Crippen LogP contribution in [0.1, 0.15) is 19.3 Å². The lowest BCUT2D eigenvalue weighted by molar-refractivity contribution is -0.156. The van der Waals surface area contributed by atoms with E-state index in [1.54, 1.807) is 4.90 Å². The van der Waals surface area contributed by atoms with E-state index in [1.807, 2.05) is 0 Å². The SMILES string of the molecule is CS(=O)(=O)NC1CCN(C(=O)C2CCC2C(=O)O)C1. The Kier molecular flexibility index (Phi) is 3.82. The molecule has 0 aromatic carbocycles. The number of rotatable bonds is 4. The molecule has 7 nitrogen and oxygen atoms in total. The van der Waals surface area contributed by atoms with Crippen LogP contribution >= 0.6 is 0 Å². The fourth-order valence-electron chi connectivity index (χ4n) is 2.69. The van der Waals surface area contributed by atoms with Crippen molar-refractivity contribution >= 4 is 21.9 Å². The summed E-state index contributed by atoms with van der Waals surface area (Å²) in [5, 5.41) is 8.94. The van der Waals surface area contributed by atoms with Gasteiger partial charge in [0.2, 0.25) is 15.9 Å². The summed E-state index contributed by atoms with van der Waals surface area (Å²) in [5.74, 6) is -2.09. The van der Waals surface area contributed by atoms with Crippen LogP contribution in [0.4, 0.5) is 0 Å². The number of likely N-dealkylation sites (tertiary alicyclic amines) is 1. The number of amides is 1. The quantitative estimate of drug-likeness (QED) is 0.709. The summed E-state index contributed by atoms with van der Waals surface area (Å²) in [6.45, 7) is 0.809. The standard InChI is InChI=1S/C11H18N2O5S/c1-19(17,18)12-7-4-5-13(6-7)10(14)8-2-3-9(8)11(15)16/h7-9,12H,2-6H2,1H3,(H,15,16). The molecule has 19 heavy (non-hydrogen) atoms. The Labute approximate surface area is 112 Å². The monoisotopic (exact) mass is 290 g/mol. The van der Waals surface area contributed by atoms with Gasteiger partial charge < -0.3 is 10.0 Å². The molecule has 2 N–H and O–H groups in total. The lowest BCUT2D eigenvalue weighted by Crippen LogP contribution is -2.46. The fourth-order valence-corrected chi connectivity index (χ4v) is 3.48. The van der Waals surface area contributed by atoms with E-state index in [4.69, 9.17) is 5.11 Å². The third-order valence-corrected chi connectivity index (χ3v) is 4.55. The maximum Gasteiger partial charge on any atom is 0.307 e. The van der Waals surface area contributed by atoms with Gasteiger partial charge in [-0.25, -0.2) is 13.1 Å². The number of carboxylic acids is 1. The molecule has 0 aromatic rings. The molecule has 8 heteroatoms. The predicted octanol–water partition coefficient (Wildman–Crippen LogP) is -0.753. The van der Waals surface area contributed by atoms with Crippen LogP contribution in [-0.2, 0) is 19.6 Å². The van der Waals surface area contributed by atoms with E-state index in [9.17, 15) is 18.0 Å². The molecule has 0 radical (unpaired) electrons. The molecule has 1 aliphatic carbocycles. The number of hydrogen-bond donors (Lipinski definition) is 2. The van der Waals surface area contributed by atoms with Crippen LogP contribution in [0.5, 0.6) is 0 Å². The molecule has 0 bridgehead atoms. The third kappa shape index (κ3) is 3.24. The Balaban J connectivity index is 1.90. The highest BCUT2D eigenvalue weighted by Crippen LogP contribution is 2.36. The Hall–Kier alpha value is -1.15. The van der Waals surface area contributed by atoms with Crippen molar-refractivity contribution in [3.05, 3.63) is 0 Å². The second-order valence-electron chi connectivity index (χ2n) is 5.29. The zero-order valence-corrected chi connectivity index (χ0v) is 11.5. The third-order valence-electron chi connectivity index (χ3n) is 3.79. The molecule has 1 heterocycles. The van der Waals surface area contributed by atoms with E-state index in [0.29, 0.717) is 32.4 Å². The van der Waals surface area contributed by atoms with Crippen LogP contribution in [0.25, 0.3) is 0 Å². The first-order valence-corrected chi connectivity index (χ1v) is 8.16. The Morgan fingerprint density at radius 3 is 2.32 bits per heavy atom. The first kappa shape index (κ1) is 14.3. The normalized spacial score (nSPS) is 31.0. The molecule has 1 saturated carbocycles. The summed E-state index contributed by atoms with van der Waals surface area (Å²) in [5.41, 5.74) is 0. The molecular weight excluding hydrogens is 272 g/mol. The van der Waals surface area contributed by atoms with Crippen LogP contribution < -0.4 is 4.72 Å². The molecular formula is C11H18N2O5S. The van der Waals surface area contributed by atoms with Gasteiger partial charge in [0.15, 0.2) is 0 Å². The lowest BCUT2D eigenvalue weighted by Gasteiger charge is -2.34. The van der Waals surface area contributed by atoms with Crippen molar-refractivity contribution in [1.29, 1.82) is 0 Å². The molecule has 2 aliphatic rings. The second-order valence-corrected chi connectivity index (χ2v) is 7.07. The molecule has 3 atom stereocenters. The van der Waals surface area contributed by atoms with Crippen molar-refractivity contribution in [3.8, 4) is 0 Å². The maximum absolute atomic E-state index is 12.1. The number of sulfonamides is 1. The van der Waals surface area contributed by atoms with Gasteiger partial charge in [-0.05, 0) is 19.3 Å². The van der Waals surface area contributed by atoms with Gasteiger partial charge in [0.1, 0.15) is 0 Å². The first-order valence-electron chi connectivity index (χ1n) is 6.27. The van der Waals surface area contributed by atoms with Gasteiger partial charge in [-0.15, -0.1) is 0 Å². The molecule has 0 aromatic heterocycles. The van der Waals surface area contributed by atoms with Gasteiger partial charge in [-0.1, -0.05) is 0 Å². The minimum Gasteiger partial charge on any atom is -0.481 e. The Morgan fingerprint density at radius 2 is 1.84 bits per heavy atom. The Bertz CT molecular complexity index is 489. The predicted molar refractivity (Wildman–Crippen MR) is 66.8 cm³/mol. The van der Waals surface area contributed by atoms with E-state index in [0.717, 1.165) is 6.26 Å². The first-order chi connectivity index (χ1) is 8.78. The van der Waals surface area contributed by atoms with Crippen molar-refractivity contribution in [1.82, 2.24) is 9.62 Å². The summed E-state index contributed by atoms with van der Waals surface area (Å²) in [6.07, 6.45) is 2.81. The van der Waals surface area contributed by atoms with Gasteiger partial charge in [-0.3, -0.25) is 9.59 Å². The van der Waals surface area contributed by atoms with Crippen LogP contribution in [0, 0.1) is 11.8 Å². The maximum atomic E-state index is 12.1. The highest BCUT2D eigenvalue weighted by Gasteiger charge is 2.44. The largest absolute Gasteiger partial charge is 0.481 e. The molecule has 108 valence electrons. The molecule has 1 saturated heterocycles. The van der Waals surface area contributed by atoms with Gasteiger partial charge in [0, 0.05) is 19.1 Å². The minimum absolute atomic E-state index is 0.156. The fraction of sp³-hybridized carbons (Fsp3) is 0.818. The number of nitrogens with zero attached hydrogens (tertiary/aromatic N) is 1. The van der Waals surface area contributed by atoms with E-state index in [1.165, 1.54) is 0 Å². The minimum atomic E-state index is -3.27. The zero-order chi connectivity index (χ0) is 14.2. The van der Waals surface area contributed by atoms with Crippen LogP contribution in [0.3, 0.4) is 0 Å². The highest BCUT2D eigenvalue weighted by molar-refractivity contribution is 7.88. The average Bonchev–Trinajstić information content (AvgIpc) is 2.60. The number of hydrogen-bond acceptors (Lipinski definition) is 4. The van der Waals surface area contributed by atoms with E-state index in [-0.39, 0.29) is 11.9 Å². The second kappa shape index (κ2) is 5.09. The van der Waals surface area contributed by atoms with Crippen molar-refractivity contribution in [2.45, 2.75) is 25.3 Å². The van der Waals surface area contributed by atoms with E-state index < -0.39 is 27.8 Å². The molecule has 2 fully saturated rings.